The van der Waals surface area contributed by atoms with Gasteiger partial charge in [0.15, 0.2) is 0 Å². The number of rotatable bonds is 7. The number of amides is 4. The van der Waals surface area contributed by atoms with Gasteiger partial charge in [-0.1, -0.05) is 55.5 Å². The van der Waals surface area contributed by atoms with Crippen molar-refractivity contribution in [3.63, 3.8) is 0 Å². The first-order valence-electron chi connectivity index (χ1n) is 11.8. The highest BCUT2D eigenvalue weighted by atomic mass is 16.5. The van der Waals surface area contributed by atoms with Crippen LogP contribution in [0.5, 0.6) is 5.75 Å². The molecule has 186 valence electrons. The molecule has 0 bridgehead atoms. The summed E-state index contributed by atoms with van der Waals surface area (Å²) >= 11 is 0. The van der Waals surface area contributed by atoms with Gasteiger partial charge in [-0.25, -0.2) is 9.48 Å². The van der Waals surface area contributed by atoms with Crippen LogP contribution in [0.3, 0.4) is 0 Å². The van der Waals surface area contributed by atoms with Crippen LogP contribution in [0.15, 0.2) is 91.1 Å². The van der Waals surface area contributed by atoms with E-state index < -0.39 is 23.4 Å². The Morgan fingerprint density at radius 2 is 1.62 bits per heavy atom. The Labute approximate surface area is 213 Å². The minimum atomic E-state index is -1.27. The smallest absolute Gasteiger partial charge is 0.344 e. The predicted octanol–water partition coefficient (Wildman–Crippen LogP) is 4.05. The summed E-state index contributed by atoms with van der Waals surface area (Å²) in [5.74, 6) is -0.536. The van der Waals surface area contributed by atoms with Crippen molar-refractivity contribution in [1.29, 1.82) is 0 Å². The van der Waals surface area contributed by atoms with Crippen molar-refractivity contribution in [2.75, 3.05) is 7.11 Å². The molecule has 1 aliphatic heterocycles. The highest BCUT2D eigenvalue weighted by Crippen LogP contribution is 2.32. The molecule has 4 amide bonds. The second-order valence-corrected chi connectivity index (χ2v) is 8.54. The number of hydrazine groups is 1. The third kappa shape index (κ3) is 4.20. The molecule has 0 aliphatic carbocycles. The Balaban J connectivity index is 1.50. The normalized spacial score (nSPS) is 17.0. The molecule has 0 saturated carbocycles. The fourth-order valence-electron chi connectivity index (χ4n) is 4.42. The molecule has 1 fully saturated rings. The van der Waals surface area contributed by atoms with Crippen molar-refractivity contribution >= 4 is 17.8 Å². The molecule has 5 rings (SSSR count). The van der Waals surface area contributed by atoms with E-state index >= 15 is 0 Å². The summed E-state index contributed by atoms with van der Waals surface area (Å²) in [7, 11) is 1.57. The Bertz CT molecular complexity index is 1450. The number of hydrogen-bond acceptors (Lipinski definition) is 5. The van der Waals surface area contributed by atoms with Crippen LogP contribution in [0.1, 0.15) is 29.3 Å². The quantitative estimate of drug-likeness (QED) is 0.377. The van der Waals surface area contributed by atoms with Gasteiger partial charge in [0.1, 0.15) is 17.0 Å². The number of nitrogens with one attached hydrogen (secondary N) is 2. The highest BCUT2D eigenvalue weighted by Gasteiger charge is 2.52. The van der Waals surface area contributed by atoms with Gasteiger partial charge >= 0.3 is 6.03 Å². The lowest BCUT2D eigenvalue weighted by molar-refractivity contribution is -0.133. The van der Waals surface area contributed by atoms with Crippen molar-refractivity contribution < 1.29 is 19.1 Å². The van der Waals surface area contributed by atoms with Crippen LogP contribution >= 0.6 is 0 Å². The van der Waals surface area contributed by atoms with E-state index in [9.17, 15) is 14.4 Å². The zero-order chi connectivity index (χ0) is 26.0. The van der Waals surface area contributed by atoms with Crippen LogP contribution in [0.4, 0.5) is 4.79 Å². The molecule has 1 aromatic heterocycles. The molecule has 2 N–H and O–H groups in total. The second-order valence-electron chi connectivity index (χ2n) is 8.54. The first-order chi connectivity index (χ1) is 18.0. The molecule has 0 radical (unpaired) electrons. The first kappa shape index (κ1) is 23.8. The fourth-order valence-corrected chi connectivity index (χ4v) is 4.42. The number of carbonyl (C=O) groups is 3. The van der Waals surface area contributed by atoms with Crippen molar-refractivity contribution in [3.05, 3.63) is 102 Å². The van der Waals surface area contributed by atoms with Crippen LogP contribution in [-0.2, 0) is 10.3 Å². The number of aromatic nitrogens is 2. The molecule has 9 nitrogen and oxygen atoms in total. The van der Waals surface area contributed by atoms with Gasteiger partial charge in [0.2, 0.25) is 0 Å². The third-order valence-corrected chi connectivity index (χ3v) is 6.44. The lowest BCUT2D eigenvalue weighted by Gasteiger charge is -2.25. The molecule has 37 heavy (non-hydrogen) atoms. The second kappa shape index (κ2) is 9.62. The van der Waals surface area contributed by atoms with Crippen molar-refractivity contribution in [2.24, 2.45) is 0 Å². The number of methoxy groups -OCH3 is 1. The van der Waals surface area contributed by atoms with E-state index in [1.807, 2.05) is 43.3 Å². The summed E-state index contributed by atoms with van der Waals surface area (Å²) in [5.41, 5.74) is 3.89. The summed E-state index contributed by atoms with van der Waals surface area (Å²) in [6.07, 6.45) is 1.89. The Hall–Kier alpha value is -4.92. The highest BCUT2D eigenvalue weighted by molar-refractivity contribution is 6.10. The maximum absolute atomic E-state index is 13.5. The number of imide groups is 1. The number of benzene rings is 3. The predicted molar refractivity (Wildman–Crippen MR) is 137 cm³/mol. The van der Waals surface area contributed by atoms with Gasteiger partial charge in [0.05, 0.1) is 18.4 Å². The van der Waals surface area contributed by atoms with E-state index in [2.05, 4.69) is 15.8 Å². The topological polar surface area (TPSA) is 106 Å². The van der Waals surface area contributed by atoms with Crippen LogP contribution in [0, 0.1) is 0 Å². The van der Waals surface area contributed by atoms with Crippen LogP contribution < -0.4 is 15.5 Å². The van der Waals surface area contributed by atoms with E-state index in [4.69, 9.17) is 4.74 Å². The average molecular weight is 496 g/mol. The van der Waals surface area contributed by atoms with Crippen LogP contribution in [-0.4, -0.2) is 39.7 Å². The number of hydrogen-bond donors (Lipinski definition) is 2. The van der Waals surface area contributed by atoms with Gasteiger partial charge in [-0.15, -0.1) is 0 Å². The largest absolute Gasteiger partial charge is 0.497 e. The molecular weight excluding hydrogens is 470 g/mol. The van der Waals surface area contributed by atoms with Gasteiger partial charge in [0, 0.05) is 11.8 Å². The van der Waals surface area contributed by atoms with E-state index in [1.54, 1.807) is 66.5 Å². The number of nitrogens with zero attached hydrogens (tertiary/aromatic N) is 3. The van der Waals surface area contributed by atoms with Crippen molar-refractivity contribution in [3.8, 4) is 22.7 Å². The molecule has 2 heterocycles. The van der Waals surface area contributed by atoms with Crippen LogP contribution in [0.25, 0.3) is 16.9 Å². The molecule has 9 heteroatoms. The van der Waals surface area contributed by atoms with Crippen molar-refractivity contribution in [2.45, 2.75) is 18.9 Å². The van der Waals surface area contributed by atoms with Gasteiger partial charge in [-0.3, -0.25) is 15.0 Å². The maximum Gasteiger partial charge on any atom is 0.344 e. The molecule has 1 saturated heterocycles. The first-order valence-corrected chi connectivity index (χ1v) is 11.8. The molecule has 1 atom stereocenters. The van der Waals surface area contributed by atoms with Gasteiger partial charge < -0.3 is 10.1 Å². The minimum Gasteiger partial charge on any atom is -0.497 e. The fraction of sp³-hybridized carbons (Fsp3) is 0.143. The molecule has 4 aromatic rings. The lowest BCUT2D eigenvalue weighted by Crippen LogP contribution is -2.48. The van der Waals surface area contributed by atoms with Gasteiger partial charge in [-0.05, 0) is 48.4 Å². The number of carbonyl (C=O) groups excluding carboxylic acids is 3. The Morgan fingerprint density at radius 1 is 0.973 bits per heavy atom. The number of ether oxygens (including phenoxy) is 1. The average Bonchev–Trinajstić information content (AvgIpc) is 3.50. The summed E-state index contributed by atoms with van der Waals surface area (Å²) in [5, 5.41) is 8.16. The summed E-state index contributed by atoms with van der Waals surface area (Å²) in [6.45, 7) is 1.81. The standard InChI is InChI=1S/C28H25N5O4/c1-3-28(20-10-6-4-7-11-20)26(35)33(27(36)29-28)31-25(34)23-18-32(21-12-8-5-9-13-21)30-24(23)19-14-16-22(37-2)17-15-19/h4-18H,3H2,1-2H3,(H,29,36)(H,31,34)/t28-/m1/s1. The molecule has 3 aromatic carbocycles. The van der Waals surface area contributed by atoms with E-state index in [0.29, 0.717) is 29.0 Å². The van der Waals surface area contributed by atoms with Gasteiger partial charge in [-0.2, -0.15) is 10.1 Å². The summed E-state index contributed by atoms with van der Waals surface area (Å²) < 4.78 is 6.83. The van der Waals surface area contributed by atoms with E-state index in [0.717, 1.165) is 10.7 Å². The molecular formula is C28H25N5O4. The monoisotopic (exact) mass is 495 g/mol. The zero-order valence-corrected chi connectivity index (χ0v) is 20.3. The minimum absolute atomic E-state index is 0.198. The van der Waals surface area contributed by atoms with Crippen molar-refractivity contribution in [1.82, 2.24) is 25.5 Å². The molecule has 0 spiro atoms. The lowest BCUT2D eigenvalue weighted by atomic mass is 9.87. The van der Waals surface area contributed by atoms with Crippen LogP contribution in [0.2, 0.25) is 0 Å². The van der Waals surface area contributed by atoms with Gasteiger partial charge in [0.25, 0.3) is 11.8 Å². The Kier molecular flexibility index (Phi) is 6.19. The van der Waals surface area contributed by atoms with E-state index in [-0.39, 0.29) is 5.56 Å². The molecule has 1 aliphatic rings. The summed E-state index contributed by atoms with van der Waals surface area (Å²) in [4.78, 5) is 39.9. The summed E-state index contributed by atoms with van der Waals surface area (Å²) in [6, 6.07) is 24.7. The van der Waals surface area contributed by atoms with E-state index in [1.165, 1.54) is 0 Å². The number of urea groups is 1. The SMILES string of the molecule is CC[C@]1(c2ccccc2)NC(=O)N(NC(=O)c2cn(-c3ccccc3)nc2-c2ccc(OC)cc2)C1=O. The third-order valence-electron chi connectivity index (χ3n) is 6.44. The maximum atomic E-state index is 13.5. The number of para-hydroxylation sites is 1. The zero-order valence-electron chi connectivity index (χ0n) is 20.3. The Morgan fingerprint density at radius 3 is 2.24 bits per heavy atom. The molecule has 0 unspecified atom stereocenters.